The lowest BCUT2D eigenvalue weighted by molar-refractivity contribution is -0.134. The Bertz CT molecular complexity index is 548. The monoisotopic (exact) mass is 337 g/mol. The number of carbonyl (C=O) groups is 2. The standard InChI is InChI=1S/C18H27NO5/c1-6-7-16(21)23-14-10-8-13(9-11-14)15(20)12-19(5)17(22)24-18(2,3)4/h8-11,15,20H,6-7,12H2,1-5H3. The van der Waals surface area contributed by atoms with Gasteiger partial charge in [-0.05, 0) is 44.9 Å². The van der Waals surface area contributed by atoms with Crippen molar-refractivity contribution in [2.45, 2.75) is 52.2 Å². The lowest BCUT2D eigenvalue weighted by Gasteiger charge is -2.26. The summed E-state index contributed by atoms with van der Waals surface area (Å²) in [5, 5.41) is 10.2. The minimum absolute atomic E-state index is 0.101. The molecular formula is C18H27NO5. The summed E-state index contributed by atoms with van der Waals surface area (Å²) in [6, 6.07) is 6.59. The highest BCUT2D eigenvalue weighted by atomic mass is 16.6. The number of hydrogen-bond acceptors (Lipinski definition) is 5. The summed E-state index contributed by atoms with van der Waals surface area (Å²) >= 11 is 0. The molecule has 0 saturated carbocycles. The molecular weight excluding hydrogens is 310 g/mol. The van der Waals surface area contributed by atoms with Crippen LogP contribution in [-0.2, 0) is 9.53 Å². The van der Waals surface area contributed by atoms with Crippen LogP contribution in [0.3, 0.4) is 0 Å². The highest BCUT2D eigenvalue weighted by Gasteiger charge is 2.21. The first-order valence-corrected chi connectivity index (χ1v) is 8.05. The van der Waals surface area contributed by atoms with Crippen LogP contribution in [0.25, 0.3) is 0 Å². The summed E-state index contributed by atoms with van der Waals surface area (Å²) in [5.41, 5.74) is 0.0426. The Balaban J connectivity index is 2.60. The van der Waals surface area contributed by atoms with Gasteiger partial charge in [-0.25, -0.2) is 4.79 Å². The Morgan fingerprint density at radius 1 is 1.21 bits per heavy atom. The minimum atomic E-state index is -0.858. The van der Waals surface area contributed by atoms with Gasteiger partial charge in [0.2, 0.25) is 0 Å². The van der Waals surface area contributed by atoms with Gasteiger partial charge in [0.25, 0.3) is 0 Å². The van der Waals surface area contributed by atoms with E-state index in [1.807, 2.05) is 6.92 Å². The van der Waals surface area contributed by atoms with Crippen molar-refractivity contribution in [1.29, 1.82) is 0 Å². The van der Waals surface area contributed by atoms with E-state index < -0.39 is 17.8 Å². The zero-order valence-corrected chi connectivity index (χ0v) is 15.0. The maximum atomic E-state index is 11.9. The van der Waals surface area contributed by atoms with Crippen molar-refractivity contribution in [3.63, 3.8) is 0 Å². The second kappa shape index (κ2) is 8.68. The SMILES string of the molecule is CCCC(=O)Oc1ccc(C(O)CN(C)C(=O)OC(C)(C)C)cc1. The van der Waals surface area contributed by atoms with Crippen molar-refractivity contribution in [2.75, 3.05) is 13.6 Å². The molecule has 0 aliphatic heterocycles. The van der Waals surface area contributed by atoms with E-state index in [1.165, 1.54) is 4.90 Å². The summed E-state index contributed by atoms with van der Waals surface area (Å²) in [4.78, 5) is 24.7. The van der Waals surface area contributed by atoms with E-state index in [0.29, 0.717) is 17.7 Å². The Morgan fingerprint density at radius 2 is 1.79 bits per heavy atom. The number of rotatable bonds is 6. The van der Waals surface area contributed by atoms with Gasteiger partial charge in [0.05, 0.1) is 12.6 Å². The summed E-state index contributed by atoms with van der Waals surface area (Å²) in [6.07, 6.45) is -0.257. The number of hydrogen-bond donors (Lipinski definition) is 1. The van der Waals surface area contributed by atoms with Crippen LogP contribution >= 0.6 is 0 Å². The number of aliphatic hydroxyl groups excluding tert-OH is 1. The van der Waals surface area contributed by atoms with Gasteiger partial charge in [0.15, 0.2) is 0 Å². The van der Waals surface area contributed by atoms with Crippen molar-refractivity contribution in [3.8, 4) is 5.75 Å². The Hall–Kier alpha value is -2.08. The van der Waals surface area contributed by atoms with E-state index in [4.69, 9.17) is 9.47 Å². The maximum absolute atomic E-state index is 11.9. The van der Waals surface area contributed by atoms with Gasteiger partial charge in [-0.15, -0.1) is 0 Å². The molecule has 1 N–H and O–H groups in total. The van der Waals surface area contributed by atoms with Crippen LogP contribution in [0.4, 0.5) is 4.79 Å². The summed E-state index contributed by atoms with van der Waals surface area (Å²) < 4.78 is 10.4. The third-order valence-electron chi connectivity index (χ3n) is 3.10. The number of ether oxygens (including phenoxy) is 2. The fourth-order valence-electron chi connectivity index (χ4n) is 1.92. The zero-order valence-electron chi connectivity index (χ0n) is 15.0. The molecule has 24 heavy (non-hydrogen) atoms. The van der Waals surface area contributed by atoms with Gasteiger partial charge in [0.1, 0.15) is 11.4 Å². The van der Waals surface area contributed by atoms with E-state index in [9.17, 15) is 14.7 Å². The van der Waals surface area contributed by atoms with Crippen molar-refractivity contribution >= 4 is 12.1 Å². The fraction of sp³-hybridized carbons (Fsp3) is 0.556. The quantitative estimate of drug-likeness (QED) is 0.637. The molecule has 1 amide bonds. The molecule has 0 bridgehead atoms. The average molecular weight is 337 g/mol. The fourth-order valence-corrected chi connectivity index (χ4v) is 1.92. The van der Waals surface area contributed by atoms with Crippen LogP contribution in [0.5, 0.6) is 5.75 Å². The van der Waals surface area contributed by atoms with E-state index >= 15 is 0 Å². The predicted octanol–water partition coefficient (Wildman–Crippen LogP) is 3.29. The van der Waals surface area contributed by atoms with Gasteiger partial charge in [-0.2, -0.15) is 0 Å². The maximum Gasteiger partial charge on any atom is 0.410 e. The minimum Gasteiger partial charge on any atom is -0.444 e. The van der Waals surface area contributed by atoms with Crippen LogP contribution in [0, 0.1) is 0 Å². The lowest BCUT2D eigenvalue weighted by Crippen LogP contribution is -2.36. The molecule has 0 aliphatic carbocycles. The lowest BCUT2D eigenvalue weighted by atomic mass is 10.1. The van der Waals surface area contributed by atoms with Crippen LogP contribution in [-0.4, -0.2) is 41.3 Å². The second-order valence-electron chi connectivity index (χ2n) is 6.67. The Labute approximate surface area is 143 Å². The number of aliphatic hydroxyl groups is 1. The number of nitrogens with zero attached hydrogens (tertiary/aromatic N) is 1. The largest absolute Gasteiger partial charge is 0.444 e. The molecule has 0 aromatic heterocycles. The molecule has 0 spiro atoms. The number of benzene rings is 1. The highest BCUT2D eigenvalue weighted by molar-refractivity contribution is 5.72. The van der Waals surface area contributed by atoms with Crippen LogP contribution < -0.4 is 4.74 Å². The molecule has 0 heterocycles. The number of amides is 1. The van der Waals surface area contributed by atoms with Gasteiger partial charge in [0, 0.05) is 13.5 Å². The summed E-state index contributed by atoms with van der Waals surface area (Å²) in [7, 11) is 1.57. The zero-order chi connectivity index (χ0) is 18.3. The van der Waals surface area contributed by atoms with Gasteiger partial charge >= 0.3 is 12.1 Å². The van der Waals surface area contributed by atoms with E-state index in [1.54, 1.807) is 52.1 Å². The highest BCUT2D eigenvalue weighted by Crippen LogP contribution is 2.20. The molecule has 1 rings (SSSR count). The average Bonchev–Trinajstić information content (AvgIpc) is 2.46. The van der Waals surface area contributed by atoms with E-state index in [2.05, 4.69) is 0 Å². The molecule has 0 saturated heterocycles. The Kier molecular flexibility index (Phi) is 7.22. The molecule has 6 nitrogen and oxygen atoms in total. The van der Waals surface area contributed by atoms with Crippen molar-refractivity contribution in [1.82, 2.24) is 4.90 Å². The van der Waals surface area contributed by atoms with Gasteiger partial charge in [-0.3, -0.25) is 4.79 Å². The third kappa shape index (κ3) is 7.00. The van der Waals surface area contributed by atoms with E-state index in [0.717, 1.165) is 6.42 Å². The second-order valence-corrected chi connectivity index (χ2v) is 6.67. The molecule has 0 aliphatic rings. The smallest absolute Gasteiger partial charge is 0.410 e. The van der Waals surface area contributed by atoms with Gasteiger partial charge < -0.3 is 19.5 Å². The molecule has 6 heteroatoms. The van der Waals surface area contributed by atoms with Crippen LogP contribution in [0.1, 0.15) is 52.2 Å². The topological polar surface area (TPSA) is 76.1 Å². The van der Waals surface area contributed by atoms with Gasteiger partial charge in [-0.1, -0.05) is 19.1 Å². The number of carbonyl (C=O) groups excluding carboxylic acids is 2. The third-order valence-corrected chi connectivity index (χ3v) is 3.10. The normalized spacial score (nSPS) is 12.4. The van der Waals surface area contributed by atoms with Crippen LogP contribution in [0.2, 0.25) is 0 Å². The molecule has 1 unspecified atom stereocenters. The number of esters is 1. The van der Waals surface area contributed by atoms with Crippen LogP contribution in [0.15, 0.2) is 24.3 Å². The molecule has 0 fully saturated rings. The summed E-state index contributed by atoms with van der Waals surface area (Å²) in [5.74, 6) is 0.153. The predicted molar refractivity (Wildman–Crippen MR) is 90.8 cm³/mol. The molecule has 1 aromatic rings. The first kappa shape index (κ1) is 20.0. The first-order valence-electron chi connectivity index (χ1n) is 8.05. The molecule has 1 atom stereocenters. The number of likely N-dealkylation sites (N-methyl/N-ethyl adjacent to an activating group) is 1. The molecule has 134 valence electrons. The van der Waals surface area contributed by atoms with E-state index in [-0.39, 0.29) is 12.5 Å². The first-order chi connectivity index (χ1) is 11.1. The summed E-state index contributed by atoms with van der Waals surface area (Å²) in [6.45, 7) is 7.36. The molecule has 0 radical (unpaired) electrons. The molecule has 1 aromatic carbocycles. The van der Waals surface area contributed by atoms with Crippen molar-refractivity contribution in [3.05, 3.63) is 29.8 Å². The van der Waals surface area contributed by atoms with Crippen molar-refractivity contribution < 1.29 is 24.2 Å². The van der Waals surface area contributed by atoms with Crippen molar-refractivity contribution in [2.24, 2.45) is 0 Å². The Morgan fingerprint density at radius 3 is 2.29 bits per heavy atom.